The van der Waals surface area contributed by atoms with Crippen molar-refractivity contribution in [3.8, 4) is 28.6 Å². The minimum absolute atomic E-state index is 0.177. The highest BCUT2D eigenvalue weighted by molar-refractivity contribution is 6.13. The third-order valence-electron chi connectivity index (χ3n) is 11.1. The number of benzene rings is 7. The number of nitrogens with zero attached hydrogens (tertiary/aromatic N) is 3. The van der Waals surface area contributed by atoms with Crippen molar-refractivity contribution >= 4 is 49.2 Å². The minimum atomic E-state index is -0.177. The van der Waals surface area contributed by atoms with Crippen LogP contribution >= 0.6 is 0 Å². The van der Waals surface area contributed by atoms with Gasteiger partial charge in [0, 0.05) is 38.3 Å². The smallest absolute Gasteiger partial charge is 0.0992 e. The Labute approximate surface area is 308 Å². The Hall–Kier alpha value is -6.89. The first-order valence-electron chi connectivity index (χ1n) is 18.2. The lowest BCUT2D eigenvalue weighted by Gasteiger charge is -2.29. The number of hydrogen-bond donors (Lipinski definition) is 0. The van der Waals surface area contributed by atoms with Gasteiger partial charge in [-0.15, -0.1) is 0 Å². The normalized spacial score (nSPS) is 15.7. The quantitative estimate of drug-likeness (QED) is 0.178. The van der Waals surface area contributed by atoms with E-state index in [1.54, 1.807) is 0 Å². The van der Waals surface area contributed by atoms with Crippen molar-refractivity contribution in [2.24, 2.45) is 0 Å². The average molecular weight is 678 g/mol. The maximum Gasteiger partial charge on any atom is 0.0992 e. The molecule has 0 saturated heterocycles. The van der Waals surface area contributed by atoms with Gasteiger partial charge in [0.1, 0.15) is 0 Å². The van der Waals surface area contributed by atoms with E-state index in [1.165, 1.54) is 60.4 Å². The average Bonchev–Trinajstić information content (AvgIpc) is 3.73. The fraction of sp³-hybridized carbons (Fsp3) is 0.0600. The number of hydrogen-bond acceptors (Lipinski definition) is 1. The van der Waals surface area contributed by atoms with E-state index in [9.17, 15) is 5.26 Å². The molecule has 0 bridgehead atoms. The summed E-state index contributed by atoms with van der Waals surface area (Å²) in [5, 5.41) is 14.7. The Bertz CT molecular complexity index is 2990. The first kappa shape index (κ1) is 30.9. The predicted octanol–water partition coefficient (Wildman–Crippen LogP) is 12.7. The van der Waals surface area contributed by atoms with Crippen molar-refractivity contribution in [3.63, 3.8) is 0 Å². The van der Waals surface area contributed by atoms with E-state index in [0.29, 0.717) is 5.56 Å². The summed E-state index contributed by atoms with van der Waals surface area (Å²) in [6, 6.07) is 60.9. The molecule has 53 heavy (non-hydrogen) atoms. The van der Waals surface area contributed by atoms with Gasteiger partial charge in [0.15, 0.2) is 0 Å². The monoisotopic (exact) mass is 677 g/mol. The highest BCUT2D eigenvalue weighted by Crippen LogP contribution is 2.42. The number of aromatic nitrogens is 2. The van der Waals surface area contributed by atoms with Crippen LogP contribution in [-0.2, 0) is 5.41 Å². The lowest BCUT2D eigenvalue weighted by atomic mass is 9.74. The maximum absolute atomic E-state index is 9.85. The predicted molar refractivity (Wildman–Crippen MR) is 221 cm³/mol. The maximum atomic E-state index is 9.85. The minimum Gasteiger partial charge on any atom is -0.309 e. The van der Waals surface area contributed by atoms with Gasteiger partial charge >= 0.3 is 0 Å². The Morgan fingerprint density at radius 1 is 0.509 bits per heavy atom. The molecule has 3 nitrogen and oxygen atoms in total. The Balaban J connectivity index is 1.16. The number of fused-ring (bicyclic) bond motifs is 6. The van der Waals surface area contributed by atoms with Gasteiger partial charge in [0.05, 0.1) is 33.7 Å². The molecule has 0 fully saturated rings. The Morgan fingerprint density at radius 2 is 1.13 bits per heavy atom. The first-order valence-corrected chi connectivity index (χ1v) is 18.2. The van der Waals surface area contributed by atoms with Crippen molar-refractivity contribution in [1.29, 1.82) is 5.26 Å². The van der Waals surface area contributed by atoms with Gasteiger partial charge in [0.2, 0.25) is 0 Å². The Morgan fingerprint density at radius 3 is 1.87 bits per heavy atom. The summed E-state index contributed by atoms with van der Waals surface area (Å²) in [5.41, 5.74) is 13.4. The molecular formula is C50H35N3. The van der Waals surface area contributed by atoms with E-state index in [1.807, 2.05) is 18.2 Å². The molecule has 0 aliphatic heterocycles. The van der Waals surface area contributed by atoms with Crippen LogP contribution in [0.4, 0.5) is 0 Å². The number of rotatable bonds is 5. The molecule has 1 aliphatic carbocycles. The van der Waals surface area contributed by atoms with Crippen molar-refractivity contribution in [2.45, 2.75) is 18.8 Å². The van der Waals surface area contributed by atoms with E-state index >= 15 is 0 Å². The molecule has 0 spiro atoms. The van der Waals surface area contributed by atoms with E-state index in [-0.39, 0.29) is 5.41 Å². The second kappa shape index (κ2) is 12.1. The van der Waals surface area contributed by atoms with Crippen LogP contribution in [0.15, 0.2) is 182 Å². The molecule has 1 aliphatic rings. The standard InChI is InChI=1S/C50H35N3/c1-50(27-11-15-38(32-50)35-13-4-2-5-14-35)39-23-24-43-45-30-37(22-26-48(45)53(49(43)31-39)41-18-10-12-34(28-41)33-51)36-21-25-47-44(29-36)42-19-8-9-20-46(42)52(47)40-16-6-3-7-17-40/h2-26,28-32H,27H2,1H3. The summed E-state index contributed by atoms with van der Waals surface area (Å²) >= 11 is 0. The Kier molecular flexibility index (Phi) is 7.06. The number of allylic oxidation sites excluding steroid dienone is 4. The molecule has 7 aromatic carbocycles. The van der Waals surface area contributed by atoms with Crippen LogP contribution in [0, 0.1) is 11.3 Å². The SMILES string of the molecule is CC1(c2ccc3c4cc(-c5ccc6c(c5)c5ccccc5n6-c5ccccc5)ccc4n(-c4cccc(C#N)c4)c3c2)C=C(c2ccccc2)C=CC1. The van der Waals surface area contributed by atoms with Gasteiger partial charge in [-0.05, 0) is 101 Å². The molecule has 2 aromatic heterocycles. The molecule has 0 radical (unpaired) electrons. The van der Waals surface area contributed by atoms with Crippen LogP contribution in [0.2, 0.25) is 0 Å². The van der Waals surface area contributed by atoms with Gasteiger partial charge in [0.25, 0.3) is 0 Å². The highest BCUT2D eigenvalue weighted by Gasteiger charge is 2.27. The summed E-state index contributed by atoms with van der Waals surface area (Å²) in [6.07, 6.45) is 7.90. The van der Waals surface area contributed by atoms with E-state index in [0.717, 1.165) is 28.8 Å². The van der Waals surface area contributed by atoms with Crippen LogP contribution in [-0.4, -0.2) is 9.13 Å². The van der Waals surface area contributed by atoms with Crippen molar-refractivity contribution in [1.82, 2.24) is 9.13 Å². The van der Waals surface area contributed by atoms with Gasteiger partial charge in [-0.2, -0.15) is 5.26 Å². The molecular weight excluding hydrogens is 643 g/mol. The third kappa shape index (κ3) is 5.03. The zero-order chi connectivity index (χ0) is 35.5. The summed E-state index contributed by atoms with van der Waals surface area (Å²) in [7, 11) is 0. The van der Waals surface area contributed by atoms with Crippen molar-refractivity contribution < 1.29 is 0 Å². The molecule has 250 valence electrons. The summed E-state index contributed by atoms with van der Waals surface area (Å²) < 4.78 is 4.69. The molecule has 3 heteroatoms. The molecule has 10 rings (SSSR count). The molecule has 0 saturated carbocycles. The fourth-order valence-electron chi connectivity index (χ4n) is 8.45. The fourth-order valence-corrected chi connectivity index (χ4v) is 8.45. The zero-order valence-electron chi connectivity index (χ0n) is 29.4. The van der Waals surface area contributed by atoms with E-state index < -0.39 is 0 Å². The lowest BCUT2D eigenvalue weighted by molar-refractivity contribution is 0.603. The summed E-state index contributed by atoms with van der Waals surface area (Å²) in [4.78, 5) is 0. The molecule has 9 aromatic rings. The van der Waals surface area contributed by atoms with Gasteiger partial charge < -0.3 is 9.13 Å². The number of nitriles is 1. The highest BCUT2D eigenvalue weighted by atomic mass is 15.0. The molecule has 2 heterocycles. The van der Waals surface area contributed by atoms with Crippen LogP contribution in [0.5, 0.6) is 0 Å². The van der Waals surface area contributed by atoms with Crippen LogP contribution in [0.25, 0.3) is 71.7 Å². The zero-order valence-corrected chi connectivity index (χ0v) is 29.4. The second-order valence-corrected chi connectivity index (χ2v) is 14.4. The molecule has 1 unspecified atom stereocenters. The van der Waals surface area contributed by atoms with Gasteiger partial charge in [-0.3, -0.25) is 0 Å². The lowest BCUT2D eigenvalue weighted by Crippen LogP contribution is -2.20. The largest absolute Gasteiger partial charge is 0.309 e. The van der Waals surface area contributed by atoms with Crippen molar-refractivity contribution in [2.75, 3.05) is 0 Å². The summed E-state index contributed by atoms with van der Waals surface area (Å²) in [6.45, 7) is 2.34. The van der Waals surface area contributed by atoms with E-state index in [4.69, 9.17) is 0 Å². The topological polar surface area (TPSA) is 33.6 Å². The van der Waals surface area contributed by atoms with Crippen LogP contribution < -0.4 is 0 Å². The van der Waals surface area contributed by atoms with Gasteiger partial charge in [-0.25, -0.2) is 0 Å². The van der Waals surface area contributed by atoms with Crippen LogP contribution in [0.1, 0.15) is 30.0 Å². The third-order valence-corrected chi connectivity index (χ3v) is 11.1. The van der Waals surface area contributed by atoms with Crippen LogP contribution in [0.3, 0.4) is 0 Å². The summed E-state index contributed by atoms with van der Waals surface area (Å²) in [5.74, 6) is 0. The number of para-hydroxylation sites is 2. The molecule has 0 N–H and O–H groups in total. The molecule has 0 amide bonds. The first-order chi connectivity index (χ1) is 26.1. The van der Waals surface area contributed by atoms with E-state index in [2.05, 4.69) is 186 Å². The molecule has 1 atom stereocenters. The second-order valence-electron chi connectivity index (χ2n) is 14.4. The van der Waals surface area contributed by atoms with Gasteiger partial charge in [-0.1, -0.05) is 122 Å². The van der Waals surface area contributed by atoms with Crippen molar-refractivity contribution in [3.05, 3.63) is 199 Å².